The van der Waals surface area contributed by atoms with Gasteiger partial charge in [0.25, 0.3) is 15.9 Å². The molecule has 28 heavy (non-hydrogen) atoms. The summed E-state index contributed by atoms with van der Waals surface area (Å²) in [5.41, 5.74) is 0.257. The highest BCUT2D eigenvalue weighted by Crippen LogP contribution is 2.28. The van der Waals surface area contributed by atoms with Crippen LogP contribution in [-0.4, -0.2) is 62.2 Å². The second-order valence-electron chi connectivity index (χ2n) is 6.03. The van der Waals surface area contributed by atoms with Crippen LogP contribution in [0.2, 0.25) is 0 Å². The third kappa shape index (κ3) is 4.77. The van der Waals surface area contributed by atoms with Crippen LogP contribution >= 0.6 is 27.3 Å². The van der Waals surface area contributed by atoms with Gasteiger partial charge in [-0.25, -0.2) is 12.8 Å². The number of carbonyl (C=O) groups excluding carboxylic acids is 2. The van der Waals surface area contributed by atoms with E-state index in [4.69, 9.17) is 0 Å². The zero-order valence-electron chi connectivity index (χ0n) is 14.6. The number of thiophene rings is 1. The molecule has 150 valence electrons. The average molecular weight is 490 g/mol. The molecule has 11 heteroatoms. The third-order valence-corrected chi connectivity index (χ3v) is 8.23. The number of halogens is 2. The normalized spacial score (nSPS) is 15.4. The summed E-state index contributed by atoms with van der Waals surface area (Å²) < 4.78 is 40.4. The highest BCUT2D eigenvalue weighted by Gasteiger charge is 2.31. The Morgan fingerprint density at radius 2 is 1.71 bits per heavy atom. The van der Waals surface area contributed by atoms with Gasteiger partial charge in [-0.1, -0.05) is 0 Å². The van der Waals surface area contributed by atoms with Gasteiger partial charge in [-0.05, 0) is 52.3 Å². The minimum atomic E-state index is -3.57. The first-order chi connectivity index (χ1) is 13.3. The van der Waals surface area contributed by atoms with E-state index in [9.17, 15) is 22.4 Å². The molecule has 0 bridgehead atoms. The van der Waals surface area contributed by atoms with Gasteiger partial charge in [0.05, 0.1) is 10.3 Å². The van der Waals surface area contributed by atoms with Crippen LogP contribution in [0, 0.1) is 5.82 Å². The predicted octanol–water partition coefficient (Wildman–Crippen LogP) is 1.91. The first kappa shape index (κ1) is 20.9. The Hall–Kier alpha value is -1.82. The molecule has 1 saturated heterocycles. The average Bonchev–Trinajstić information content (AvgIpc) is 3.13. The van der Waals surface area contributed by atoms with E-state index in [0.717, 1.165) is 15.1 Å². The molecule has 0 radical (unpaired) electrons. The number of hydrogen-bond donors (Lipinski definition) is 1. The summed E-state index contributed by atoms with van der Waals surface area (Å²) in [5.74, 6) is -1.22. The van der Waals surface area contributed by atoms with Crippen molar-refractivity contribution in [2.75, 3.05) is 32.7 Å². The minimum Gasteiger partial charge on any atom is -0.343 e. The van der Waals surface area contributed by atoms with Crippen LogP contribution in [0.4, 0.5) is 4.39 Å². The molecular formula is C17H17BrFN3O4S2. The van der Waals surface area contributed by atoms with Crippen LogP contribution in [0.1, 0.15) is 10.4 Å². The van der Waals surface area contributed by atoms with Crippen LogP contribution in [0.25, 0.3) is 0 Å². The van der Waals surface area contributed by atoms with Gasteiger partial charge in [-0.2, -0.15) is 4.31 Å². The smallest absolute Gasteiger partial charge is 0.252 e. The molecule has 1 fully saturated rings. The molecule has 1 aliphatic rings. The predicted molar refractivity (Wildman–Crippen MR) is 106 cm³/mol. The zero-order chi connectivity index (χ0) is 20.3. The van der Waals surface area contributed by atoms with Crippen molar-refractivity contribution in [1.29, 1.82) is 0 Å². The van der Waals surface area contributed by atoms with Crippen molar-refractivity contribution in [3.05, 3.63) is 51.6 Å². The Kier molecular flexibility index (Phi) is 6.48. The molecule has 0 unspecified atom stereocenters. The number of benzene rings is 1. The molecule has 1 aliphatic heterocycles. The Morgan fingerprint density at radius 3 is 2.29 bits per heavy atom. The van der Waals surface area contributed by atoms with Gasteiger partial charge in [0.15, 0.2) is 0 Å². The molecule has 1 N–H and O–H groups in total. The van der Waals surface area contributed by atoms with Gasteiger partial charge >= 0.3 is 0 Å². The molecule has 0 aliphatic carbocycles. The number of piperazine rings is 1. The Balaban J connectivity index is 1.51. The SMILES string of the molecule is O=C(NCC(=O)N1CCN(S(=O)(=O)c2ccc(Br)s2)CC1)c1ccc(F)cc1. The minimum absolute atomic E-state index is 0.190. The summed E-state index contributed by atoms with van der Waals surface area (Å²) in [4.78, 5) is 25.8. The fourth-order valence-corrected chi connectivity index (χ4v) is 6.30. The van der Waals surface area contributed by atoms with E-state index in [1.165, 1.54) is 33.5 Å². The zero-order valence-corrected chi connectivity index (χ0v) is 17.8. The second kappa shape index (κ2) is 8.68. The van der Waals surface area contributed by atoms with Crippen LogP contribution in [-0.2, 0) is 14.8 Å². The van der Waals surface area contributed by atoms with Gasteiger partial charge < -0.3 is 10.2 Å². The summed E-state index contributed by atoms with van der Waals surface area (Å²) in [6.45, 7) is 0.667. The third-order valence-electron chi connectivity index (χ3n) is 4.24. The van der Waals surface area contributed by atoms with E-state index in [-0.39, 0.29) is 48.4 Å². The topological polar surface area (TPSA) is 86.8 Å². The highest BCUT2D eigenvalue weighted by molar-refractivity contribution is 9.11. The molecule has 2 amide bonds. The molecule has 0 spiro atoms. The van der Waals surface area contributed by atoms with Crippen molar-refractivity contribution in [2.45, 2.75) is 4.21 Å². The number of amides is 2. The Labute approximate surface area is 174 Å². The lowest BCUT2D eigenvalue weighted by atomic mass is 10.2. The molecule has 2 aromatic rings. The molecule has 1 aromatic heterocycles. The monoisotopic (exact) mass is 489 g/mol. The van der Waals surface area contributed by atoms with Crippen LogP contribution in [0.15, 0.2) is 44.4 Å². The van der Waals surface area contributed by atoms with Gasteiger partial charge in [0.1, 0.15) is 10.0 Å². The molecule has 0 saturated carbocycles. The van der Waals surface area contributed by atoms with Crippen molar-refractivity contribution in [1.82, 2.24) is 14.5 Å². The maximum atomic E-state index is 12.9. The summed E-state index contributed by atoms with van der Waals surface area (Å²) in [7, 11) is -3.57. The molecule has 3 rings (SSSR count). The lowest BCUT2D eigenvalue weighted by molar-refractivity contribution is -0.131. The first-order valence-corrected chi connectivity index (χ1v) is 11.4. The van der Waals surface area contributed by atoms with Crippen molar-refractivity contribution in [2.24, 2.45) is 0 Å². The largest absolute Gasteiger partial charge is 0.343 e. The fourth-order valence-electron chi connectivity index (χ4n) is 2.71. The van der Waals surface area contributed by atoms with Gasteiger partial charge in [-0.3, -0.25) is 9.59 Å². The number of rotatable bonds is 5. The fraction of sp³-hybridized carbons (Fsp3) is 0.294. The number of sulfonamides is 1. The van der Waals surface area contributed by atoms with Gasteiger partial charge in [0.2, 0.25) is 5.91 Å². The van der Waals surface area contributed by atoms with E-state index in [1.807, 2.05) is 0 Å². The number of nitrogens with one attached hydrogen (secondary N) is 1. The molecular weight excluding hydrogens is 473 g/mol. The number of hydrogen-bond acceptors (Lipinski definition) is 5. The molecule has 7 nitrogen and oxygen atoms in total. The summed E-state index contributed by atoms with van der Waals surface area (Å²) in [6, 6.07) is 8.24. The lowest BCUT2D eigenvalue weighted by Gasteiger charge is -2.33. The van der Waals surface area contributed by atoms with Crippen molar-refractivity contribution in [3.8, 4) is 0 Å². The summed E-state index contributed by atoms with van der Waals surface area (Å²) in [6.07, 6.45) is 0. The summed E-state index contributed by atoms with van der Waals surface area (Å²) >= 11 is 4.40. The first-order valence-electron chi connectivity index (χ1n) is 8.34. The van der Waals surface area contributed by atoms with E-state index in [1.54, 1.807) is 12.1 Å². The quantitative estimate of drug-likeness (QED) is 0.694. The van der Waals surface area contributed by atoms with E-state index >= 15 is 0 Å². The van der Waals surface area contributed by atoms with Crippen LogP contribution < -0.4 is 5.32 Å². The van der Waals surface area contributed by atoms with Crippen LogP contribution in [0.5, 0.6) is 0 Å². The maximum Gasteiger partial charge on any atom is 0.252 e. The lowest BCUT2D eigenvalue weighted by Crippen LogP contribution is -2.52. The Morgan fingerprint density at radius 1 is 1.07 bits per heavy atom. The maximum absolute atomic E-state index is 12.9. The number of carbonyl (C=O) groups is 2. The van der Waals surface area contributed by atoms with E-state index in [2.05, 4.69) is 21.2 Å². The van der Waals surface area contributed by atoms with E-state index in [0.29, 0.717) is 0 Å². The van der Waals surface area contributed by atoms with E-state index < -0.39 is 21.7 Å². The summed E-state index contributed by atoms with van der Waals surface area (Å²) in [5, 5.41) is 2.50. The molecule has 0 atom stereocenters. The van der Waals surface area contributed by atoms with Crippen LogP contribution in [0.3, 0.4) is 0 Å². The standard InChI is InChI=1S/C17H17BrFN3O4S2/c18-14-5-6-16(27-14)28(25,26)22-9-7-21(8-10-22)15(23)11-20-17(24)12-1-3-13(19)4-2-12/h1-6H,7-11H2,(H,20,24). The van der Waals surface area contributed by atoms with Gasteiger partial charge in [0, 0.05) is 31.7 Å². The van der Waals surface area contributed by atoms with Crippen molar-refractivity contribution >= 4 is 49.1 Å². The highest BCUT2D eigenvalue weighted by atomic mass is 79.9. The van der Waals surface area contributed by atoms with Gasteiger partial charge in [-0.15, -0.1) is 11.3 Å². The number of nitrogens with zero attached hydrogens (tertiary/aromatic N) is 2. The molecule has 1 aromatic carbocycles. The Bertz CT molecular complexity index is 971. The van der Waals surface area contributed by atoms with Crippen molar-refractivity contribution in [3.63, 3.8) is 0 Å². The second-order valence-corrected chi connectivity index (χ2v) is 10.7. The molecule has 2 heterocycles. The van der Waals surface area contributed by atoms with Crippen molar-refractivity contribution < 1.29 is 22.4 Å².